The van der Waals surface area contributed by atoms with Crippen LogP contribution in [0.4, 0.5) is 0 Å². The van der Waals surface area contributed by atoms with Crippen molar-refractivity contribution in [3.8, 4) is 0 Å². The number of hydrogen-bond donors (Lipinski definition) is 1. The average molecular weight is 279 g/mol. The van der Waals surface area contributed by atoms with Gasteiger partial charge in [-0.15, -0.1) is 0 Å². The lowest BCUT2D eigenvalue weighted by Gasteiger charge is -2.44. The topological polar surface area (TPSA) is 18.5 Å². The summed E-state index contributed by atoms with van der Waals surface area (Å²) >= 11 is 0. The van der Waals surface area contributed by atoms with Gasteiger partial charge in [-0.3, -0.25) is 4.90 Å². The van der Waals surface area contributed by atoms with E-state index in [-0.39, 0.29) is 0 Å². The van der Waals surface area contributed by atoms with Gasteiger partial charge in [0.1, 0.15) is 0 Å². The molecule has 116 valence electrons. The van der Waals surface area contributed by atoms with E-state index in [4.69, 9.17) is 0 Å². The SMILES string of the molecule is CCC1(CN2CCN(C3CCCC3)CC2)CCCNC1. The molecule has 0 bridgehead atoms. The zero-order valence-electron chi connectivity index (χ0n) is 13.4. The molecule has 3 fully saturated rings. The molecule has 1 unspecified atom stereocenters. The zero-order chi connectivity index (χ0) is 13.8. The van der Waals surface area contributed by atoms with Gasteiger partial charge in [0.15, 0.2) is 0 Å². The molecule has 0 aromatic heterocycles. The summed E-state index contributed by atoms with van der Waals surface area (Å²) < 4.78 is 0. The van der Waals surface area contributed by atoms with Crippen molar-refractivity contribution in [1.82, 2.24) is 15.1 Å². The van der Waals surface area contributed by atoms with Crippen LogP contribution in [0.1, 0.15) is 51.9 Å². The maximum absolute atomic E-state index is 3.63. The number of nitrogens with zero attached hydrogens (tertiary/aromatic N) is 2. The monoisotopic (exact) mass is 279 g/mol. The van der Waals surface area contributed by atoms with Crippen molar-refractivity contribution < 1.29 is 0 Å². The van der Waals surface area contributed by atoms with Crippen LogP contribution < -0.4 is 5.32 Å². The third kappa shape index (κ3) is 3.37. The van der Waals surface area contributed by atoms with Gasteiger partial charge in [0, 0.05) is 45.3 Å². The van der Waals surface area contributed by atoms with Crippen molar-refractivity contribution >= 4 is 0 Å². The number of piperidine rings is 1. The summed E-state index contributed by atoms with van der Waals surface area (Å²) in [7, 11) is 0. The van der Waals surface area contributed by atoms with Gasteiger partial charge in [-0.1, -0.05) is 19.8 Å². The normalized spacial score (nSPS) is 34.6. The summed E-state index contributed by atoms with van der Waals surface area (Å²) in [4.78, 5) is 5.53. The molecule has 1 atom stereocenters. The first kappa shape index (κ1) is 14.8. The van der Waals surface area contributed by atoms with Gasteiger partial charge in [-0.2, -0.15) is 0 Å². The maximum atomic E-state index is 3.63. The Labute approximate surface area is 125 Å². The van der Waals surface area contributed by atoms with Gasteiger partial charge in [-0.25, -0.2) is 0 Å². The van der Waals surface area contributed by atoms with Gasteiger partial charge >= 0.3 is 0 Å². The Kier molecular flexibility index (Phi) is 5.00. The van der Waals surface area contributed by atoms with Crippen LogP contribution in [0.25, 0.3) is 0 Å². The van der Waals surface area contributed by atoms with Gasteiger partial charge < -0.3 is 10.2 Å². The summed E-state index contributed by atoms with van der Waals surface area (Å²) in [6.07, 6.45) is 9.99. The first-order valence-electron chi connectivity index (χ1n) is 8.98. The van der Waals surface area contributed by atoms with Crippen molar-refractivity contribution in [3.05, 3.63) is 0 Å². The summed E-state index contributed by atoms with van der Waals surface area (Å²) in [6.45, 7) is 11.4. The number of rotatable bonds is 4. The fourth-order valence-electron chi connectivity index (χ4n) is 4.61. The fraction of sp³-hybridized carbons (Fsp3) is 1.00. The first-order valence-corrected chi connectivity index (χ1v) is 8.98. The molecular formula is C17H33N3. The van der Waals surface area contributed by atoms with E-state index >= 15 is 0 Å². The van der Waals surface area contributed by atoms with Crippen molar-refractivity contribution in [1.29, 1.82) is 0 Å². The number of nitrogens with one attached hydrogen (secondary N) is 1. The molecule has 1 N–H and O–H groups in total. The lowest BCUT2D eigenvalue weighted by molar-refractivity contribution is 0.0517. The predicted octanol–water partition coefficient (Wildman–Crippen LogP) is 2.33. The standard InChI is InChI=1S/C17H33N3/c1-2-17(8-5-9-18-14-17)15-19-10-12-20(13-11-19)16-6-3-4-7-16/h16,18H,2-15H2,1H3. The lowest BCUT2D eigenvalue weighted by Crippen LogP contribution is -2.54. The summed E-state index contributed by atoms with van der Waals surface area (Å²) in [5.41, 5.74) is 0.563. The van der Waals surface area contributed by atoms with E-state index in [0.29, 0.717) is 5.41 Å². The van der Waals surface area contributed by atoms with Gasteiger partial charge in [0.2, 0.25) is 0 Å². The number of hydrogen-bond acceptors (Lipinski definition) is 3. The molecule has 3 heteroatoms. The van der Waals surface area contributed by atoms with E-state index in [2.05, 4.69) is 22.0 Å². The van der Waals surface area contributed by atoms with E-state index in [1.807, 2.05) is 0 Å². The van der Waals surface area contributed by atoms with E-state index in [0.717, 1.165) is 6.04 Å². The van der Waals surface area contributed by atoms with E-state index in [1.54, 1.807) is 0 Å². The molecule has 0 radical (unpaired) electrons. The van der Waals surface area contributed by atoms with E-state index in [9.17, 15) is 0 Å². The second-order valence-corrected chi connectivity index (χ2v) is 7.38. The minimum atomic E-state index is 0.563. The highest BCUT2D eigenvalue weighted by molar-refractivity contribution is 4.89. The first-order chi connectivity index (χ1) is 9.81. The zero-order valence-corrected chi connectivity index (χ0v) is 13.4. The quantitative estimate of drug-likeness (QED) is 0.852. The molecule has 2 saturated heterocycles. The van der Waals surface area contributed by atoms with Gasteiger partial charge in [0.05, 0.1) is 0 Å². The van der Waals surface area contributed by atoms with E-state index < -0.39 is 0 Å². The Morgan fingerprint density at radius 2 is 1.80 bits per heavy atom. The predicted molar refractivity (Wildman–Crippen MR) is 85.1 cm³/mol. The third-order valence-corrected chi connectivity index (χ3v) is 6.12. The van der Waals surface area contributed by atoms with Crippen LogP contribution in [-0.2, 0) is 0 Å². The van der Waals surface area contributed by atoms with Crippen LogP contribution in [0.3, 0.4) is 0 Å². The molecule has 0 spiro atoms. The lowest BCUT2D eigenvalue weighted by atomic mass is 9.78. The summed E-state index contributed by atoms with van der Waals surface area (Å²) in [5, 5.41) is 3.63. The Hall–Kier alpha value is -0.120. The van der Waals surface area contributed by atoms with Crippen LogP contribution in [0, 0.1) is 5.41 Å². The third-order valence-electron chi connectivity index (χ3n) is 6.12. The second-order valence-electron chi connectivity index (χ2n) is 7.38. The molecule has 0 aromatic rings. The molecule has 2 heterocycles. The van der Waals surface area contributed by atoms with Crippen molar-refractivity contribution in [2.45, 2.75) is 57.9 Å². The Balaban J connectivity index is 1.47. The Morgan fingerprint density at radius 3 is 2.40 bits per heavy atom. The van der Waals surface area contributed by atoms with Crippen LogP contribution in [0.2, 0.25) is 0 Å². The minimum absolute atomic E-state index is 0.563. The number of piperazine rings is 1. The van der Waals surface area contributed by atoms with Gasteiger partial charge in [-0.05, 0) is 44.1 Å². The molecule has 20 heavy (non-hydrogen) atoms. The molecule has 0 aromatic carbocycles. The fourth-order valence-corrected chi connectivity index (χ4v) is 4.61. The van der Waals surface area contributed by atoms with Crippen LogP contribution in [-0.4, -0.2) is 61.7 Å². The highest BCUT2D eigenvalue weighted by Crippen LogP contribution is 2.32. The molecule has 3 nitrogen and oxygen atoms in total. The molecule has 0 amide bonds. The molecule has 2 aliphatic heterocycles. The summed E-state index contributed by atoms with van der Waals surface area (Å²) in [5.74, 6) is 0. The van der Waals surface area contributed by atoms with Crippen LogP contribution in [0.5, 0.6) is 0 Å². The summed E-state index contributed by atoms with van der Waals surface area (Å²) in [6, 6.07) is 0.925. The maximum Gasteiger partial charge on any atom is 0.0113 e. The highest BCUT2D eigenvalue weighted by atomic mass is 15.3. The van der Waals surface area contributed by atoms with Gasteiger partial charge in [0.25, 0.3) is 0 Å². The average Bonchev–Trinajstić information content (AvgIpc) is 3.03. The second kappa shape index (κ2) is 6.76. The molecule has 1 saturated carbocycles. The smallest absolute Gasteiger partial charge is 0.0113 e. The van der Waals surface area contributed by atoms with Crippen molar-refractivity contribution in [3.63, 3.8) is 0 Å². The molecule has 3 rings (SSSR count). The van der Waals surface area contributed by atoms with E-state index in [1.165, 1.54) is 90.8 Å². The minimum Gasteiger partial charge on any atom is -0.316 e. The molecular weight excluding hydrogens is 246 g/mol. The highest BCUT2D eigenvalue weighted by Gasteiger charge is 2.34. The Morgan fingerprint density at radius 1 is 1.05 bits per heavy atom. The van der Waals surface area contributed by atoms with Crippen LogP contribution in [0.15, 0.2) is 0 Å². The van der Waals surface area contributed by atoms with Crippen molar-refractivity contribution in [2.75, 3.05) is 45.8 Å². The Bertz CT molecular complexity index is 285. The van der Waals surface area contributed by atoms with Crippen LogP contribution >= 0.6 is 0 Å². The molecule has 1 aliphatic carbocycles. The largest absolute Gasteiger partial charge is 0.316 e. The van der Waals surface area contributed by atoms with Crippen molar-refractivity contribution in [2.24, 2.45) is 5.41 Å². The molecule has 3 aliphatic rings.